The lowest BCUT2D eigenvalue weighted by Gasteiger charge is -2.27. The number of halogens is 2. The lowest BCUT2D eigenvalue weighted by Crippen LogP contribution is -3.14. The molecule has 1 atom stereocenters. The minimum atomic E-state index is -0.952. The number of thiophene rings is 1. The number of amides is 1. The highest BCUT2D eigenvalue weighted by Crippen LogP contribution is 2.36. The van der Waals surface area contributed by atoms with Gasteiger partial charge in [0.2, 0.25) is 0 Å². The molecule has 0 bridgehead atoms. The number of ether oxygens (including phenoxy) is 1. The van der Waals surface area contributed by atoms with E-state index in [0.29, 0.717) is 18.0 Å². The highest BCUT2D eigenvalue weighted by molar-refractivity contribution is 7.17. The largest absolute Gasteiger partial charge is 0.462 e. The van der Waals surface area contributed by atoms with E-state index in [1.165, 1.54) is 22.3 Å². The third kappa shape index (κ3) is 3.93. The molecule has 1 unspecified atom stereocenters. The molecule has 1 aromatic carbocycles. The summed E-state index contributed by atoms with van der Waals surface area (Å²) >= 11 is 1.27. The SMILES string of the molecule is CCOC(=O)c1c(NC(=O)c2c(F)cccc2F)sc2c1CC[NH+](C(C)C)C2. The number of rotatable bonds is 5. The molecule has 0 fully saturated rings. The van der Waals surface area contributed by atoms with Crippen molar-refractivity contribution in [2.45, 2.75) is 39.8 Å². The molecule has 1 aliphatic heterocycles. The summed E-state index contributed by atoms with van der Waals surface area (Å²) in [6.45, 7) is 7.75. The zero-order valence-corrected chi connectivity index (χ0v) is 16.8. The fraction of sp³-hybridized carbons (Fsp3) is 0.400. The fourth-order valence-corrected chi connectivity index (χ4v) is 4.66. The highest BCUT2D eigenvalue weighted by Gasteiger charge is 2.32. The normalized spacial score (nSPS) is 16.0. The summed E-state index contributed by atoms with van der Waals surface area (Å²) in [7, 11) is 0. The van der Waals surface area contributed by atoms with Gasteiger partial charge in [0.15, 0.2) is 0 Å². The van der Waals surface area contributed by atoms with Crippen molar-refractivity contribution in [2.24, 2.45) is 0 Å². The van der Waals surface area contributed by atoms with Gasteiger partial charge in [-0.25, -0.2) is 13.6 Å². The Kier molecular flexibility index (Phi) is 6.10. The van der Waals surface area contributed by atoms with Gasteiger partial charge < -0.3 is 15.0 Å². The average molecular weight is 409 g/mol. The van der Waals surface area contributed by atoms with Gasteiger partial charge in [0.1, 0.15) is 28.7 Å². The van der Waals surface area contributed by atoms with E-state index in [0.717, 1.165) is 35.7 Å². The number of carbonyl (C=O) groups excluding carboxylic acids is 2. The van der Waals surface area contributed by atoms with E-state index in [2.05, 4.69) is 19.2 Å². The van der Waals surface area contributed by atoms with Crippen LogP contribution < -0.4 is 10.2 Å². The van der Waals surface area contributed by atoms with E-state index in [-0.39, 0.29) is 11.6 Å². The summed E-state index contributed by atoms with van der Waals surface area (Å²) in [4.78, 5) is 27.4. The van der Waals surface area contributed by atoms with Gasteiger partial charge in [-0.3, -0.25) is 4.79 Å². The minimum Gasteiger partial charge on any atom is -0.462 e. The molecule has 150 valence electrons. The zero-order valence-electron chi connectivity index (χ0n) is 16.0. The summed E-state index contributed by atoms with van der Waals surface area (Å²) in [5, 5.41) is 2.82. The summed E-state index contributed by atoms with van der Waals surface area (Å²) < 4.78 is 33.1. The van der Waals surface area contributed by atoms with Crippen molar-refractivity contribution in [1.82, 2.24) is 0 Å². The van der Waals surface area contributed by atoms with Crippen LogP contribution in [0.15, 0.2) is 18.2 Å². The molecule has 0 saturated heterocycles. The third-order valence-corrected chi connectivity index (χ3v) is 6.03. The van der Waals surface area contributed by atoms with Crippen LogP contribution in [0.1, 0.15) is 51.9 Å². The van der Waals surface area contributed by atoms with Crippen LogP contribution in [0, 0.1) is 11.6 Å². The van der Waals surface area contributed by atoms with Crippen molar-refractivity contribution < 1.29 is 28.0 Å². The number of hydrogen-bond acceptors (Lipinski definition) is 4. The summed E-state index contributed by atoms with van der Waals surface area (Å²) in [5.74, 6) is -3.36. The Morgan fingerprint density at radius 1 is 1.25 bits per heavy atom. The van der Waals surface area contributed by atoms with E-state index in [1.807, 2.05) is 0 Å². The summed E-state index contributed by atoms with van der Waals surface area (Å²) in [6, 6.07) is 3.66. The Hall–Kier alpha value is -2.32. The first-order chi connectivity index (χ1) is 13.3. The van der Waals surface area contributed by atoms with Crippen molar-refractivity contribution in [3.8, 4) is 0 Å². The lowest BCUT2D eigenvalue weighted by molar-refractivity contribution is -0.936. The van der Waals surface area contributed by atoms with Gasteiger partial charge in [0.25, 0.3) is 5.91 Å². The maximum Gasteiger partial charge on any atom is 0.341 e. The van der Waals surface area contributed by atoms with Crippen LogP contribution in [0.2, 0.25) is 0 Å². The van der Waals surface area contributed by atoms with Gasteiger partial charge in [-0.05, 0) is 38.5 Å². The van der Waals surface area contributed by atoms with E-state index < -0.39 is 29.1 Å². The molecular formula is C20H23F2N2O3S+. The maximum atomic E-state index is 14.0. The molecule has 2 N–H and O–H groups in total. The number of quaternary nitrogens is 1. The Morgan fingerprint density at radius 2 is 1.93 bits per heavy atom. The molecule has 0 radical (unpaired) electrons. The second kappa shape index (κ2) is 8.36. The molecule has 2 aromatic rings. The van der Waals surface area contributed by atoms with Crippen molar-refractivity contribution in [3.05, 3.63) is 51.4 Å². The van der Waals surface area contributed by atoms with Gasteiger partial charge in [0, 0.05) is 6.42 Å². The van der Waals surface area contributed by atoms with Crippen LogP contribution in [-0.4, -0.2) is 31.1 Å². The van der Waals surface area contributed by atoms with Crippen LogP contribution in [0.25, 0.3) is 0 Å². The van der Waals surface area contributed by atoms with Crippen molar-refractivity contribution in [3.63, 3.8) is 0 Å². The molecule has 0 spiro atoms. The summed E-state index contributed by atoms with van der Waals surface area (Å²) in [6.07, 6.45) is 0.678. The summed E-state index contributed by atoms with van der Waals surface area (Å²) in [5.41, 5.74) is 0.491. The van der Waals surface area contributed by atoms with Crippen LogP contribution >= 0.6 is 11.3 Å². The van der Waals surface area contributed by atoms with Crippen LogP contribution in [-0.2, 0) is 17.7 Å². The minimum absolute atomic E-state index is 0.197. The second-order valence-corrected chi connectivity index (χ2v) is 8.07. The molecule has 1 aliphatic rings. The molecule has 0 aliphatic carbocycles. The number of benzene rings is 1. The highest BCUT2D eigenvalue weighted by atomic mass is 32.1. The number of esters is 1. The predicted octanol–water partition coefficient (Wildman–Crippen LogP) is 2.80. The van der Waals surface area contributed by atoms with Crippen LogP contribution in [0.4, 0.5) is 13.8 Å². The van der Waals surface area contributed by atoms with E-state index >= 15 is 0 Å². The Morgan fingerprint density at radius 3 is 2.54 bits per heavy atom. The third-order valence-electron chi connectivity index (χ3n) is 4.89. The number of fused-ring (bicyclic) bond motifs is 1. The smallest absolute Gasteiger partial charge is 0.341 e. The number of anilines is 1. The molecule has 1 amide bonds. The molecule has 3 rings (SSSR count). The van der Waals surface area contributed by atoms with Gasteiger partial charge >= 0.3 is 5.97 Å². The first-order valence-corrected chi connectivity index (χ1v) is 10.1. The Labute approximate surface area is 166 Å². The monoisotopic (exact) mass is 409 g/mol. The van der Waals surface area contributed by atoms with E-state index in [1.54, 1.807) is 6.92 Å². The first-order valence-electron chi connectivity index (χ1n) is 9.25. The van der Waals surface area contributed by atoms with Gasteiger partial charge in [-0.2, -0.15) is 0 Å². The number of nitrogens with one attached hydrogen (secondary N) is 2. The first kappa shape index (κ1) is 20.4. The maximum absolute atomic E-state index is 14.0. The van der Waals surface area contributed by atoms with Crippen molar-refractivity contribution in [1.29, 1.82) is 0 Å². The van der Waals surface area contributed by atoms with Crippen LogP contribution in [0.3, 0.4) is 0 Å². The van der Waals surface area contributed by atoms with Gasteiger partial charge in [0.05, 0.1) is 29.6 Å². The fourth-order valence-electron chi connectivity index (χ4n) is 3.38. The number of hydrogen-bond donors (Lipinski definition) is 2. The molecule has 0 saturated carbocycles. The standard InChI is InChI=1S/C20H22F2N2O3S/c1-4-27-20(26)16-12-8-9-24(11(2)3)10-15(12)28-19(16)23-18(25)17-13(21)6-5-7-14(17)22/h5-7,11H,4,8-10H2,1-3H3,(H,23,25)/p+1. The van der Waals surface area contributed by atoms with Crippen molar-refractivity contribution in [2.75, 3.05) is 18.5 Å². The molecule has 8 heteroatoms. The molecular weight excluding hydrogens is 386 g/mol. The molecule has 5 nitrogen and oxygen atoms in total. The molecule has 28 heavy (non-hydrogen) atoms. The average Bonchev–Trinajstić information content (AvgIpc) is 2.98. The zero-order chi connectivity index (χ0) is 20.4. The van der Waals surface area contributed by atoms with Crippen LogP contribution in [0.5, 0.6) is 0 Å². The Bertz CT molecular complexity index is 891. The van der Waals surface area contributed by atoms with Crippen molar-refractivity contribution >= 4 is 28.2 Å². The quantitative estimate of drug-likeness (QED) is 0.747. The Balaban J connectivity index is 1.98. The second-order valence-electron chi connectivity index (χ2n) is 6.97. The lowest BCUT2D eigenvalue weighted by atomic mass is 10.0. The topological polar surface area (TPSA) is 59.8 Å². The predicted molar refractivity (Wildman–Crippen MR) is 103 cm³/mol. The molecule has 2 heterocycles. The van der Waals surface area contributed by atoms with Gasteiger partial charge in [-0.15, -0.1) is 11.3 Å². The molecule has 1 aromatic heterocycles. The van der Waals surface area contributed by atoms with E-state index in [9.17, 15) is 18.4 Å². The van der Waals surface area contributed by atoms with E-state index in [4.69, 9.17) is 4.74 Å². The number of carbonyl (C=O) groups is 2. The van der Waals surface area contributed by atoms with Gasteiger partial charge in [-0.1, -0.05) is 6.07 Å².